The molecule has 3 heteroatoms. The lowest BCUT2D eigenvalue weighted by atomic mass is 9.71. The average Bonchev–Trinajstić information content (AvgIpc) is 2.48. The van der Waals surface area contributed by atoms with Crippen molar-refractivity contribution in [1.82, 2.24) is 0 Å². The quantitative estimate of drug-likeness (QED) is 0.836. The van der Waals surface area contributed by atoms with Gasteiger partial charge in [-0.3, -0.25) is 9.59 Å². The van der Waals surface area contributed by atoms with Crippen LogP contribution in [-0.4, -0.2) is 17.4 Å². The molecule has 0 fully saturated rings. The maximum Gasteiger partial charge on any atom is 0.313 e. The molecule has 1 N–H and O–H groups in total. The second kappa shape index (κ2) is 6.04. The zero-order valence-corrected chi connectivity index (χ0v) is 11.8. The van der Waals surface area contributed by atoms with Gasteiger partial charge < -0.3 is 5.11 Å². The van der Waals surface area contributed by atoms with Crippen molar-refractivity contribution >= 4 is 12.3 Å². The van der Waals surface area contributed by atoms with E-state index in [1.165, 1.54) is 0 Å². The van der Waals surface area contributed by atoms with Crippen LogP contribution in [0, 0.1) is 5.41 Å². The minimum absolute atomic E-state index is 0.426. The maximum absolute atomic E-state index is 11.8. The Bertz CT molecular complexity index is 530. The number of rotatable bonds is 5. The lowest BCUT2D eigenvalue weighted by molar-refractivity contribution is -0.145. The van der Waals surface area contributed by atoms with E-state index in [1.54, 1.807) is 6.92 Å². The first kappa shape index (κ1) is 14.5. The summed E-state index contributed by atoms with van der Waals surface area (Å²) in [5.74, 6) is -0.849. The summed E-state index contributed by atoms with van der Waals surface area (Å²) >= 11 is 0. The highest BCUT2D eigenvalue weighted by Crippen LogP contribution is 2.40. The molecular formula is C17H20O3. The second-order valence-electron chi connectivity index (χ2n) is 5.63. The molecule has 0 saturated heterocycles. The summed E-state index contributed by atoms with van der Waals surface area (Å²) < 4.78 is 0. The number of allylic oxidation sites excluding steroid dienone is 1. The van der Waals surface area contributed by atoms with E-state index in [-0.39, 0.29) is 0 Å². The predicted octanol–water partition coefficient (Wildman–Crippen LogP) is 3.39. The van der Waals surface area contributed by atoms with Crippen LogP contribution in [0.4, 0.5) is 0 Å². The number of carboxylic acids is 1. The van der Waals surface area contributed by atoms with Crippen LogP contribution in [0.25, 0.3) is 0 Å². The lowest BCUT2D eigenvalue weighted by Gasteiger charge is -2.32. The molecule has 0 saturated carbocycles. The molecule has 0 heterocycles. The van der Waals surface area contributed by atoms with E-state index < -0.39 is 11.4 Å². The van der Waals surface area contributed by atoms with E-state index >= 15 is 0 Å². The topological polar surface area (TPSA) is 54.4 Å². The maximum atomic E-state index is 11.8. The molecule has 106 valence electrons. The van der Waals surface area contributed by atoms with Crippen LogP contribution < -0.4 is 0 Å². The minimum Gasteiger partial charge on any atom is -0.481 e. The standard InChI is InChI=1S/C17H20O3/c1-17(16(19)20,11-13-7-3-2-4-8-13)15-10-6-5-9-14(15)12-18/h2-4,7-8,12H,5-6,9-11H2,1H3,(H,19,20). The van der Waals surface area contributed by atoms with E-state index in [0.717, 1.165) is 30.3 Å². The number of carbonyl (C=O) groups excluding carboxylic acids is 1. The Kier molecular flexibility index (Phi) is 4.38. The zero-order chi connectivity index (χ0) is 14.6. The van der Waals surface area contributed by atoms with Crippen LogP contribution in [-0.2, 0) is 16.0 Å². The summed E-state index contributed by atoms with van der Waals surface area (Å²) in [7, 11) is 0. The number of hydrogen-bond donors (Lipinski definition) is 1. The molecule has 3 nitrogen and oxygen atoms in total. The average molecular weight is 272 g/mol. The third-order valence-corrected chi connectivity index (χ3v) is 4.19. The van der Waals surface area contributed by atoms with E-state index in [1.807, 2.05) is 30.3 Å². The van der Waals surface area contributed by atoms with Crippen molar-refractivity contribution in [2.45, 2.75) is 39.0 Å². The predicted molar refractivity (Wildman–Crippen MR) is 77.4 cm³/mol. The molecule has 0 spiro atoms. The SMILES string of the molecule is CC(Cc1ccccc1)(C(=O)O)C1=C(C=O)CCCC1. The van der Waals surface area contributed by atoms with Crippen molar-refractivity contribution in [2.75, 3.05) is 0 Å². The molecule has 1 aromatic rings. The number of aldehydes is 1. The van der Waals surface area contributed by atoms with Gasteiger partial charge in [0.05, 0.1) is 5.41 Å². The molecular weight excluding hydrogens is 252 g/mol. The van der Waals surface area contributed by atoms with Gasteiger partial charge in [0.2, 0.25) is 0 Å². The summed E-state index contributed by atoms with van der Waals surface area (Å²) in [6.45, 7) is 1.74. The van der Waals surface area contributed by atoms with Crippen molar-refractivity contribution in [1.29, 1.82) is 0 Å². The van der Waals surface area contributed by atoms with Gasteiger partial charge in [-0.05, 0) is 55.7 Å². The fraction of sp³-hybridized carbons (Fsp3) is 0.412. The number of benzene rings is 1. The molecule has 2 rings (SSSR count). The van der Waals surface area contributed by atoms with Gasteiger partial charge in [0.15, 0.2) is 0 Å². The second-order valence-corrected chi connectivity index (χ2v) is 5.63. The lowest BCUT2D eigenvalue weighted by Crippen LogP contribution is -2.34. The Hall–Kier alpha value is -1.90. The molecule has 0 aromatic heterocycles. The molecule has 1 aliphatic rings. The summed E-state index contributed by atoms with van der Waals surface area (Å²) in [6, 6.07) is 9.61. The van der Waals surface area contributed by atoms with Crippen molar-refractivity contribution in [3.63, 3.8) is 0 Å². The van der Waals surface area contributed by atoms with Gasteiger partial charge in [-0.15, -0.1) is 0 Å². The first-order valence-electron chi connectivity index (χ1n) is 7.03. The van der Waals surface area contributed by atoms with Gasteiger partial charge in [0.25, 0.3) is 0 Å². The molecule has 1 aliphatic carbocycles. The third kappa shape index (κ3) is 2.82. The van der Waals surface area contributed by atoms with Crippen LogP contribution >= 0.6 is 0 Å². The Balaban J connectivity index is 2.41. The van der Waals surface area contributed by atoms with Crippen molar-refractivity contribution in [2.24, 2.45) is 5.41 Å². The molecule has 0 radical (unpaired) electrons. The largest absolute Gasteiger partial charge is 0.481 e. The minimum atomic E-state index is -0.988. The van der Waals surface area contributed by atoms with Crippen LogP contribution in [0.2, 0.25) is 0 Å². The molecule has 0 amide bonds. The number of aliphatic carboxylic acids is 1. The first-order valence-corrected chi connectivity index (χ1v) is 7.03. The smallest absolute Gasteiger partial charge is 0.313 e. The van der Waals surface area contributed by atoms with E-state index in [9.17, 15) is 14.7 Å². The summed E-state index contributed by atoms with van der Waals surface area (Å²) in [4.78, 5) is 23.1. The van der Waals surface area contributed by atoms with Gasteiger partial charge in [-0.25, -0.2) is 0 Å². The molecule has 0 bridgehead atoms. The normalized spacial score (nSPS) is 18.4. The van der Waals surface area contributed by atoms with Crippen molar-refractivity contribution < 1.29 is 14.7 Å². The summed E-state index contributed by atoms with van der Waals surface area (Å²) in [5, 5.41) is 9.71. The third-order valence-electron chi connectivity index (χ3n) is 4.19. The molecule has 1 aromatic carbocycles. The Morgan fingerprint density at radius 2 is 1.90 bits per heavy atom. The highest BCUT2D eigenvalue weighted by molar-refractivity contribution is 5.84. The fourth-order valence-electron chi connectivity index (χ4n) is 3.00. The van der Waals surface area contributed by atoms with Gasteiger partial charge in [-0.1, -0.05) is 30.3 Å². The van der Waals surface area contributed by atoms with Crippen LogP contribution in [0.3, 0.4) is 0 Å². The summed E-state index contributed by atoms with van der Waals surface area (Å²) in [6.07, 6.45) is 4.62. The molecule has 20 heavy (non-hydrogen) atoms. The number of hydrogen-bond acceptors (Lipinski definition) is 2. The van der Waals surface area contributed by atoms with Crippen molar-refractivity contribution in [3.8, 4) is 0 Å². The van der Waals surface area contributed by atoms with E-state index in [0.29, 0.717) is 24.8 Å². The van der Waals surface area contributed by atoms with E-state index in [2.05, 4.69) is 0 Å². The fourth-order valence-corrected chi connectivity index (χ4v) is 3.00. The highest BCUT2D eigenvalue weighted by atomic mass is 16.4. The highest BCUT2D eigenvalue weighted by Gasteiger charge is 2.39. The van der Waals surface area contributed by atoms with Gasteiger partial charge in [0.1, 0.15) is 6.29 Å². The number of carbonyl (C=O) groups is 2. The Labute approximate surface area is 119 Å². The van der Waals surface area contributed by atoms with Crippen LogP contribution in [0.15, 0.2) is 41.5 Å². The Morgan fingerprint density at radius 3 is 2.50 bits per heavy atom. The Morgan fingerprint density at radius 1 is 1.25 bits per heavy atom. The first-order chi connectivity index (χ1) is 9.58. The van der Waals surface area contributed by atoms with E-state index in [4.69, 9.17) is 0 Å². The summed E-state index contributed by atoms with van der Waals surface area (Å²) in [5.41, 5.74) is 1.51. The van der Waals surface area contributed by atoms with Gasteiger partial charge in [-0.2, -0.15) is 0 Å². The van der Waals surface area contributed by atoms with Gasteiger partial charge >= 0.3 is 5.97 Å². The molecule has 1 unspecified atom stereocenters. The van der Waals surface area contributed by atoms with Gasteiger partial charge in [0, 0.05) is 0 Å². The van der Waals surface area contributed by atoms with Crippen LogP contribution in [0.5, 0.6) is 0 Å². The molecule has 1 atom stereocenters. The van der Waals surface area contributed by atoms with Crippen LogP contribution in [0.1, 0.15) is 38.2 Å². The van der Waals surface area contributed by atoms with Crippen molar-refractivity contribution in [3.05, 3.63) is 47.0 Å². The molecule has 0 aliphatic heterocycles. The zero-order valence-electron chi connectivity index (χ0n) is 11.8. The number of carboxylic acid groups (broad SMARTS) is 1. The monoisotopic (exact) mass is 272 g/mol.